The Hall–Kier alpha value is -2.89. The van der Waals surface area contributed by atoms with Crippen molar-refractivity contribution in [2.24, 2.45) is 5.41 Å². The summed E-state index contributed by atoms with van der Waals surface area (Å²) in [5.41, 5.74) is 1.49. The van der Waals surface area contributed by atoms with E-state index in [9.17, 15) is 4.79 Å². The van der Waals surface area contributed by atoms with Gasteiger partial charge in [0, 0.05) is 32.0 Å². The molecule has 132 valence electrons. The molecule has 1 unspecified atom stereocenters. The number of nitrogens with zero attached hydrogens (tertiary/aromatic N) is 4. The standard InChI is InChI=1S/C20H20N4O2/c25-19-20(6-10-23(19)13-15-3-1-2-8-21-15)7-11-24(14-20)18-16-5-12-26-17(16)4-9-22-18/h1-5,8-9,12H,6-7,10-11,13-14H2. The van der Waals surface area contributed by atoms with Crippen molar-refractivity contribution >= 4 is 22.7 Å². The lowest BCUT2D eigenvalue weighted by atomic mass is 9.85. The Kier molecular flexibility index (Phi) is 3.45. The molecule has 0 saturated carbocycles. The van der Waals surface area contributed by atoms with E-state index < -0.39 is 0 Å². The van der Waals surface area contributed by atoms with Crippen LogP contribution < -0.4 is 4.90 Å². The SMILES string of the molecule is O=C1N(Cc2ccccn2)CCC12CCN(c1nccc3occc13)C2. The summed E-state index contributed by atoms with van der Waals surface area (Å²) in [6.45, 7) is 2.96. The molecule has 0 bridgehead atoms. The van der Waals surface area contributed by atoms with Crippen molar-refractivity contribution in [3.8, 4) is 0 Å². The molecule has 6 heteroatoms. The zero-order chi connectivity index (χ0) is 17.6. The Morgan fingerprint density at radius 2 is 2.00 bits per heavy atom. The van der Waals surface area contributed by atoms with E-state index in [1.54, 1.807) is 18.7 Å². The van der Waals surface area contributed by atoms with E-state index in [0.717, 1.165) is 55.0 Å². The summed E-state index contributed by atoms with van der Waals surface area (Å²) in [7, 11) is 0. The highest BCUT2D eigenvalue weighted by atomic mass is 16.3. The number of amides is 1. The minimum absolute atomic E-state index is 0.255. The van der Waals surface area contributed by atoms with E-state index in [1.165, 1.54) is 0 Å². The number of hydrogen-bond donors (Lipinski definition) is 0. The second kappa shape index (κ2) is 5.83. The zero-order valence-electron chi connectivity index (χ0n) is 14.5. The molecule has 2 aliphatic heterocycles. The fourth-order valence-electron chi connectivity index (χ4n) is 4.29. The van der Waals surface area contributed by atoms with Crippen molar-refractivity contribution in [2.45, 2.75) is 19.4 Å². The minimum atomic E-state index is -0.289. The van der Waals surface area contributed by atoms with E-state index in [1.807, 2.05) is 35.2 Å². The van der Waals surface area contributed by atoms with Crippen molar-refractivity contribution in [1.82, 2.24) is 14.9 Å². The van der Waals surface area contributed by atoms with E-state index in [4.69, 9.17) is 4.42 Å². The molecule has 5 rings (SSSR count). The van der Waals surface area contributed by atoms with Crippen molar-refractivity contribution in [3.05, 3.63) is 54.7 Å². The predicted octanol–water partition coefficient (Wildman–Crippen LogP) is 2.85. The summed E-state index contributed by atoms with van der Waals surface area (Å²) in [6.07, 6.45) is 7.02. The Morgan fingerprint density at radius 1 is 1.08 bits per heavy atom. The number of aromatic nitrogens is 2. The second-order valence-corrected chi connectivity index (χ2v) is 7.22. The summed E-state index contributed by atoms with van der Waals surface area (Å²) in [5, 5.41) is 1.01. The summed E-state index contributed by atoms with van der Waals surface area (Å²) >= 11 is 0. The number of anilines is 1. The Labute approximate surface area is 151 Å². The first kappa shape index (κ1) is 15.4. The summed E-state index contributed by atoms with van der Waals surface area (Å²) in [4.78, 5) is 26.3. The van der Waals surface area contributed by atoms with Crippen LogP contribution in [0.3, 0.4) is 0 Å². The van der Waals surface area contributed by atoms with Gasteiger partial charge in [-0.05, 0) is 37.1 Å². The van der Waals surface area contributed by atoms with Gasteiger partial charge >= 0.3 is 0 Å². The van der Waals surface area contributed by atoms with Gasteiger partial charge in [-0.3, -0.25) is 9.78 Å². The monoisotopic (exact) mass is 348 g/mol. The van der Waals surface area contributed by atoms with Gasteiger partial charge in [0.2, 0.25) is 5.91 Å². The first-order chi connectivity index (χ1) is 12.8. The molecule has 2 saturated heterocycles. The number of furan rings is 1. The third kappa shape index (κ3) is 2.36. The molecule has 26 heavy (non-hydrogen) atoms. The summed E-state index contributed by atoms with van der Waals surface area (Å²) in [6, 6.07) is 9.66. The van der Waals surface area contributed by atoms with E-state index in [2.05, 4.69) is 14.9 Å². The maximum absolute atomic E-state index is 13.2. The summed E-state index contributed by atoms with van der Waals surface area (Å²) in [5.74, 6) is 1.18. The van der Waals surface area contributed by atoms with Crippen LogP contribution in [0.1, 0.15) is 18.5 Å². The fourth-order valence-corrected chi connectivity index (χ4v) is 4.29. The maximum Gasteiger partial charge on any atom is 0.231 e. The normalized spacial score (nSPS) is 22.8. The van der Waals surface area contributed by atoms with Crippen LogP contribution in [0.15, 0.2) is 53.4 Å². The van der Waals surface area contributed by atoms with E-state index >= 15 is 0 Å². The lowest BCUT2D eigenvalue weighted by Gasteiger charge is -2.24. The molecule has 3 aromatic rings. The highest BCUT2D eigenvalue weighted by Gasteiger charge is 2.51. The molecule has 0 aliphatic carbocycles. The van der Waals surface area contributed by atoms with Crippen LogP contribution in [0.2, 0.25) is 0 Å². The van der Waals surface area contributed by atoms with Crippen molar-refractivity contribution in [2.75, 3.05) is 24.5 Å². The number of carbonyl (C=O) groups is 1. The number of rotatable bonds is 3. The second-order valence-electron chi connectivity index (χ2n) is 7.22. The first-order valence-corrected chi connectivity index (χ1v) is 9.02. The Morgan fingerprint density at radius 3 is 2.88 bits per heavy atom. The third-order valence-corrected chi connectivity index (χ3v) is 5.69. The van der Waals surface area contributed by atoms with Gasteiger partial charge < -0.3 is 14.2 Å². The molecule has 0 radical (unpaired) electrons. The van der Waals surface area contributed by atoms with Crippen LogP contribution in [0.5, 0.6) is 0 Å². The molecule has 6 nitrogen and oxygen atoms in total. The van der Waals surface area contributed by atoms with Gasteiger partial charge in [-0.25, -0.2) is 4.98 Å². The molecule has 1 spiro atoms. The van der Waals surface area contributed by atoms with Gasteiger partial charge in [0.05, 0.1) is 29.3 Å². The Balaban J connectivity index is 1.37. The van der Waals surface area contributed by atoms with Crippen LogP contribution >= 0.6 is 0 Å². The van der Waals surface area contributed by atoms with Gasteiger partial charge in [0.15, 0.2) is 0 Å². The molecule has 1 amide bonds. The third-order valence-electron chi connectivity index (χ3n) is 5.69. The molecule has 3 aromatic heterocycles. The van der Waals surface area contributed by atoms with Crippen molar-refractivity contribution < 1.29 is 9.21 Å². The smallest absolute Gasteiger partial charge is 0.231 e. The number of carbonyl (C=O) groups excluding carboxylic acids is 1. The van der Waals surface area contributed by atoms with Gasteiger partial charge in [-0.2, -0.15) is 0 Å². The van der Waals surface area contributed by atoms with Crippen LogP contribution in [0.25, 0.3) is 11.0 Å². The maximum atomic E-state index is 13.2. The molecule has 1 atom stereocenters. The van der Waals surface area contributed by atoms with Crippen molar-refractivity contribution in [3.63, 3.8) is 0 Å². The van der Waals surface area contributed by atoms with Crippen LogP contribution in [0, 0.1) is 5.41 Å². The number of likely N-dealkylation sites (tertiary alicyclic amines) is 1. The minimum Gasteiger partial charge on any atom is -0.464 e. The largest absolute Gasteiger partial charge is 0.464 e. The van der Waals surface area contributed by atoms with Crippen LogP contribution in [-0.2, 0) is 11.3 Å². The molecule has 0 N–H and O–H groups in total. The van der Waals surface area contributed by atoms with Gasteiger partial charge in [-0.1, -0.05) is 6.07 Å². The lowest BCUT2D eigenvalue weighted by Crippen LogP contribution is -2.37. The summed E-state index contributed by atoms with van der Waals surface area (Å²) < 4.78 is 5.49. The fraction of sp³-hybridized carbons (Fsp3) is 0.350. The number of fused-ring (bicyclic) bond motifs is 1. The molecule has 5 heterocycles. The molecule has 0 aromatic carbocycles. The highest BCUT2D eigenvalue weighted by molar-refractivity contribution is 5.90. The van der Waals surface area contributed by atoms with E-state index in [-0.39, 0.29) is 11.3 Å². The van der Waals surface area contributed by atoms with Gasteiger partial charge in [0.25, 0.3) is 0 Å². The van der Waals surface area contributed by atoms with Crippen LogP contribution in [0.4, 0.5) is 5.82 Å². The van der Waals surface area contributed by atoms with Crippen molar-refractivity contribution in [1.29, 1.82) is 0 Å². The highest BCUT2D eigenvalue weighted by Crippen LogP contribution is 2.43. The van der Waals surface area contributed by atoms with Gasteiger partial charge in [-0.15, -0.1) is 0 Å². The first-order valence-electron chi connectivity index (χ1n) is 9.02. The molecular formula is C20H20N4O2. The Bertz CT molecular complexity index is 955. The number of hydrogen-bond acceptors (Lipinski definition) is 5. The van der Waals surface area contributed by atoms with E-state index in [0.29, 0.717) is 6.54 Å². The molecule has 2 aliphatic rings. The number of pyridine rings is 2. The quantitative estimate of drug-likeness (QED) is 0.728. The molecule has 2 fully saturated rings. The van der Waals surface area contributed by atoms with Crippen LogP contribution in [-0.4, -0.2) is 40.4 Å². The zero-order valence-corrected chi connectivity index (χ0v) is 14.5. The predicted molar refractivity (Wildman–Crippen MR) is 97.5 cm³/mol. The topological polar surface area (TPSA) is 62.5 Å². The average Bonchev–Trinajstić information content (AvgIpc) is 3.39. The molecular weight excluding hydrogens is 328 g/mol. The van der Waals surface area contributed by atoms with Gasteiger partial charge in [0.1, 0.15) is 11.4 Å². The average molecular weight is 348 g/mol. The lowest BCUT2D eigenvalue weighted by molar-refractivity contribution is -0.135.